The molecule has 0 aromatic heterocycles. The summed E-state index contributed by atoms with van der Waals surface area (Å²) in [5.74, 6) is 1.47. The molecule has 0 saturated heterocycles. The van der Waals surface area contributed by atoms with Gasteiger partial charge in [0.05, 0.1) is 0 Å². The largest absolute Gasteiger partial charge is 0.357 e. The van der Waals surface area contributed by atoms with Gasteiger partial charge in [0.25, 0.3) is 0 Å². The van der Waals surface area contributed by atoms with E-state index in [2.05, 4.69) is 22.5 Å². The Morgan fingerprint density at radius 3 is 2.56 bits per heavy atom. The van der Waals surface area contributed by atoms with Crippen LogP contribution in [0.5, 0.6) is 0 Å². The minimum atomic E-state index is 0.0149. The van der Waals surface area contributed by atoms with Gasteiger partial charge < -0.3 is 15.5 Å². The zero-order valence-corrected chi connectivity index (χ0v) is 10.6. The second kappa shape index (κ2) is 5.72. The molecule has 2 unspecified atom stereocenters. The van der Waals surface area contributed by atoms with Crippen LogP contribution in [-0.2, 0) is 4.79 Å². The Hall–Kier alpha value is -1.26. The molecule has 0 aromatic carbocycles. The molecule has 1 aliphatic rings. The van der Waals surface area contributed by atoms with E-state index in [0.29, 0.717) is 12.0 Å². The monoisotopic (exact) mass is 226 g/mol. The Labute approximate surface area is 97.3 Å². The lowest BCUT2D eigenvalue weighted by atomic mass is 10.5. The summed E-state index contributed by atoms with van der Waals surface area (Å²) in [5.41, 5.74) is 0. The minimum Gasteiger partial charge on any atom is -0.357 e. The summed E-state index contributed by atoms with van der Waals surface area (Å²) < 4.78 is 0. The fourth-order valence-electron chi connectivity index (χ4n) is 1.31. The fourth-order valence-corrected chi connectivity index (χ4v) is 1.31. The van der Waals surface area contributed by atoms with E-state index >= 15 is 0 Å². The highest BCUT2D eigenvalue weighted by Crippen LogP contribution is 2.28. The Kier molecular flexibility index (Phi) is 4.58. The number of amides is 1. The summed E-state index contributed by atoms with van der Waals surface area (Å²) in [6.07, 6.45) is 1.19. The van der Waals surface area contributed by atoms with Crippen LogP contribution in [0, 0.1) is 5.92 Å². The summed E-state index contributed by atoms with van der Waals surface area (Å²) in [6.45, 7) is 5.22. The zero-order chi connectivity index (χ0) is 12.1. The third-order valence-corrected chi connectivity index (χ3v) is 2.65. The number of carbonyl (C=O) groups is 1. The van der Waals surface area contributed by atoms with Crippen LogP contribution in [-0.4, -0.2) is 50.0 Å². The maximum absolute atomic E-state index is 11.4. The van der Waals surface area contributed by atoms with Gasteiger partial charge in [-0.25, -0.2) is 4.99 Å². The van der Waals surface area contributed by atoms with E-state index in [1.807, 2.05) is 6.92 Å². The lowest BCUT2D eigenvalue weighted by molar-refractivity contribution is -0.127. The fraction of sp³-hybridized carbons (Fsp3) is 0.818. The van der Waals surface area contributed by atoms with Crippen molar-refractivity contribution < 1.29 is 4.79 Å². The van der Waals surface area contributed by atoms with Crippen molar-refractivity contribution in [3.63, 3.8) is 0 Å². The third kappa shape index (κ3) is 4.08. The number of carbonyl (C=O) groups excluding carboxylic acids is 1. The molecule has 1 saturated carbocycles. The lowest BCUT2D eigenvalue weighted by Gasteiger charge is -2.12. The molecular weight excluding hydrogens is 204 g/mol. The quantitative estimate of drug-likeness (QED) is 0.525. The molecule has 1 fully saturated rings. The summed E-state index contributed by atoms with van der Waals surface area (Å²) in [5, 5.41) is 6.44. The highest BCUT2D eigenvalue weighted by Gasteiger charge is 2.33. The van der Waals surface area contributed by atoms with E-state index in [4.69, 9.17) is 0 Å². The SMILES string of the molecule is CCNC(=NCC(=O)N(C)C)NC1CC1C. The highest BCUT2D eigenvalue weighted by molar-refractivity contribution is 5.85. The predicted molar refractivity (Wildman–Crippen MR) is 65.4 cm³/mol. The molecule has 0 bridgehead atoms. The van der Waals surface area contributed by atoms with E-state index in [-0.39, 0.29) is 12.5 Å². The number of likely N-dealkylation sites (N-methyl/N-ethyl adjacent to an activating group) is 1. The summed E-state index contributed by atoms with van der Waals surface area (Å²) in [7, 11) is 3.47. The van der Waals surface area contributed by atoms with Gasteiger partial charge in [-0.15, -0.1) is 0 Å². The van der Waals surface area contributed by atoms with Crippen molar-refractivity contribution in [2.45, 2.75) is 26.3 Å². The Morgan fingerprint density at radius 2 is 2.12 bits per heavy atom. The number of hydrogen-bond acceptors (Lipinski definition) is 2. The molecule has 5 nitrogen and oxygen atoms in total. The van der Waals surface area contributed by atoms with Gasteiger partial charge in [0, 0.05) is 26.7 Å². The van der Waals surface area contributed by atoms with E-state index in [0.717, 1.165) is 12.5 Å². The van der Waals surface area contributed by atoms with Crippen LogP contribution in [0.2, 0.25) is 0 Å². The topological polar surface area (TPSA) is 56.7 Å². The van der Waals surface area contributed by atoms with Gasteiger partial charge in [0.1, 0.15) is 6.54 Å². The standard InChI is InChI=1S/C11H22N4O/c1-5-12-11(14-9-6-8(9)2)13-7-10(16)15(3)4/h8-9H,5-7H2,1-4H3,(H2,12,13,14). The molecule has 0 heterocycles. The molecule has 16 heavy (non-hydrogen) atoms. The zero-order valence-electron chi connectivity index (χ0n) is 10.6. The first-order chi connectivity index (χ1) is 7.54. The first-order valence-corrected chi connectivity index (χ1v) is 5.79. The normalized spacial score (nSPS) is 23.9. The van der Waals surface area contributed by atoms with Crippen LogP contribution < -0.4 is 10.6 Å². The van der Waals surface area contributed by atoms with Crippen LogP contribution in [0.15, 0.2) is 4.99 Å². The molecular formula is C11H22N4O. The van der Waals surface area contributed by atoms with Gasteiger partial charge in [0.15, 0.2) is 5.96 Å². The first kappa shape index (κ1) is 12.8. The van der Waals surface area contributed by atoms with Crippen molar-refractivity contribution in [2.75, 3.05) is 27.2 Å². The van der Waals surface area contributed by atoms with Gasteiger partial charge in [-0.2, -0.15) is 0 Å². The number of nitrogens with zero attached hydrogens (tertiary/aromatic N) is 2. The van der Waals surface area contributed by atoms with Crippen molar-refractivity contribution in [1.29, 1.82) is 0 Å². The van der Waals surface area contributed by atoms with Crippen LogP contribution in [0.3, 0.4) is 0 Å². The van der Waals surface area contributed by atoms with Crippen molar-refractivity contribution in [3.05, 3.63) is 0 Å². The van der Waals surface area contributed by atoms with Gasteiger partial charge in [-0.05, 0) is 19.3 Å². The molecule has 92 valence electrons. The van der Waals surface area contributed by atoms with Crippen molar-refractivity contribution in [3.8, 4) is 0 Å². The average molecular weight is 226 g/mol. The first-order valence-electron chi connectivity index (χ1n) is 5.79. The number of hydrogen-bond donors (Lipinski definition) is 2. The number of nitrogens with one attached hydrogen (secondary N) is 2. The molecule has 0 radical (unpaired) electrons. The summed E-state index contributed by atoms with van der Waals surface area (Å²) in [6, 6.07) is 0.521. The second-order valence-corrected chi connectivity index (χ2v) is 4.45. The van der Waals surface area contributed by atoms with Gasteiger partial charge in [-0.1, -0.05) is 6.92 Å². The average Bonchev–Trinajstić information content (AvgIpc) is 2.90. The minimum absolute atomic E-state index is 0.0149. The Morgan fingerprint density at radius 1 is 1.50 bits per heavy atom. The maximum Gasteiger partial charge on any atom is 0.243 e. The van der Waals surface area contributed by atoms with Crippen molar-refractivity contribution >= 4 is 11.9 Å². The summed E-state index contributed by atoms with van der Waals surface area (Å²) >= 11 is 0. The molecule has 0 spiro atoms. The maximum atomic E-state index is 11.4. The smallest absolute Gasteiger partial charge is 0.243 e. The van der Waals surface area contributed by atoms with E-state index in [1.165, 1.54) is 6.42 Å². The predicted octanol–water partition coefficient (Wildman–Crippen LogP) is 0.0381. The van der Waals surface area contributed by atoms with E-state index in [1.54, 1.807) is 19.0 Å². The lowest BCUT2D eigenvalue weighted by Crippen LogP contribution is -2.40. The number of aliphatic imine (C=N–C) groups is 1. The van der Waals surface area contributed by atoms with Crippen LogP contribution in [0.25, 0.3) is 0 Å². The molecule has 5 heteroatoms. The Balaban J connectivity index is 2.41. The highest BCUT2D eigenvalue weighted by atomic mass is 16.2. The van der Waals surface area contributed by atoms with Gasteiger partial charge >= 0.3 is 0 Å². The van der Waals surface area contributed by atoms with Gasteiger partial charge in [0.2, 0.25) is 5.91 Å². The molecule has 1 aliphatic carbocycles. The summed E-state index contributed by atoms with van der Waals surface area (Å²) in [4.78, 5) is 17.2. The molecule has 2 N–H and O–H groups in total. The van der Waals surface area contributed by atoms with E-state index < -0.39 is 0 Å². The van der Waals surface area contributed by atoms with Crippen molar-refractivity contribution in [1.82, 2.24) is 15.5 Å². The number of guanidine groups is 1. The van der Waals surface area contributed by atoms with Crippen LogP contribution in [0.1, 0.15) is 20.3 Å². The Bertz CT molecular complexity index is 275. The second-order valence-electron chi connectivity index (χ2n) is 4.45. The molecule has 0 aromatic rings. The molecule has 1 amide bonds. The van der Waals surface area contributed by atoms with Crippen LogP contribution in [0.4, 0.5) is 0 Å². The molecule has 1 rings (SSSR count). The number of rotatable bonds is 4. The van der Waals surface area contributed by atoms with E-state index in [9.17, 15) is 4.79 Å². The molecule has 2 atom stereocenters. The molecule has 0 aliphatic heterocycles. The van der Waals surface area contributed by atoms with Gasteiger partial charge in [-0.3, -0.25) is 4.79 Å². The van der Waals surface area contributed by atoms with Crippen molar-refractivity contribution in [2.24, 2.45) is 10.9 Å². The van der Waals surface area contributed by atoms with Crippen LogP contribution >= 0.6 is 0 Å². The third-order valence-electron chi connectivity index (χ3n) is 2.65.